The number of aromatic nitrogens is 1. The number of hydrogen-bond donors (Lipinski definition) is 0. The summed E-state index contributed by atoms with van der Waals surface area (Å²) in [5.41, 5.74) is 0.915. The van der Waals surface area contributed by atoms with Crippen molar-refractivity contribution in [2.75, 3.05) is 19.7 Å². The highest BCUT2D eigenvalue weighted by Gasteiger charge is 2.28. The summed E-state index contributed by atoms with van der Waals surface area (Å²) < 4.78 is 48.7. The Morgan fingerprint density at radius 1 is 1.40 bits per heavy atom. The summed E-state index contributed by atoms with van der Waals surface area (Å²) in [6.45, 7) is 1.23. The molecule has 1 fully saturated rings. The molecule has 2 heterocycles. The van der Waals surface area contributed by atoms with Gasteiger partial charge in [-0.15, -0.1) is 0 Å². The Morgan fingerprint density at radius 3 is 3.05 bits per heavy atom. The van der Waals surface area contributed by atoms with E-state index in [0.717, 1.165) is 0 Å². The molecule has 1 aliphatic heterocycles. The van der Waals surface area contributed by atoms with Crippen molar-refractivity contribution in [2.24, 2.45) is 0 Å². The van der Waals surface area contributed by atoms with E-state index in [1.807, 2.05) is 0 Å². The molecule has 1 aromatic carbocycles. The van der Waals surface area contributed by atoms with E-state index < -0.39 is 18.3 Å². The van der Waals surface area contributed by atoms with Crippen LogP contribution in [0.3, 0.4) is 0 Å². The Morgan fingerprint density at radius 2 is 2.25 bits per heavy atom. The first-order chi connectivity index (χ1) is 9.61. The third-order valence-corrected chi connectivity index (χ3v) is 3.21. The second-order valence-corrected chi connectivity index (χ2v) is 4.70. The Labute approximate surface area is 113 Å². The van der Waals surface area contributed by atoms with Crippen LogP contribution in [0, 0.1) is 5.82 Å². The van der Waals surface area contributed by atoms with Crippen molar-refractivity contribution in [1.29, 1.82) is 0 Å². The van der Waals surface area contributed by atoms with Crippen molar-refractivity contribution in [2.45, 2.75) is 19.1 Å². The quantitative estimate of drug-likeness (QED) is 0.868. The summed E-state index contributed by atoms with van der Waals surface area (Å²) >= 11 is 0. The highest BCUT2D eigenvalue weighted by atomic mass is 19.3. The highest BCUT2D eigenvalue weighted by molar-refractivity contribution is 5.72. The number of oxazole rings is 1. The molecule has 1 saturated heterocycles. The number of fused-ring (bicyclic) bond motifs is 1. The Bertz CT molecular complexity index is 602. The van der Waals surface area contributed by atoms with Crippen molar-refractivity contribution >= 4 is 11.1 Å². The molecule has 7 heteroatoms. The second kappa shape index (κ2) is 5.41. The number of benzene rings is 1. The molecule has 1 unspecified atom stereocenters. The summed E-state index contributed by atoms with van der Waals surface area (Å²) in [5.74, 6) is -0.00940. The minimum absolute atomic E-state index is 0.130. The fourth-order valence-corrected chi connectivity index (χ4v) is 2.23. The topological polar surface area (TPSA) is 38.5 Å². The molecule has 1 aromatic heterocycles. The van der Waals surface area contributed by atoms with Crippen LogP contribution in [-0.2, 0) is 11.3 Å². The first-order valence-corrected chi connectivity index (χ1v) is 6.29. The molecule has 2 aromatic rings. The molecule has 20 heavy (non-hydrogen) atoms. The fourth-order valence-electron chi connectivity index (χ4n) is 2.23. The lowest BCUT2D eigenvalue weighted by Crippen LogP contribution is -2.45. The summed E-state index contributed by atoms with van der Waals surface area (Å²) in [7, 11) is 0. The fraction of sp³-hybridized carbons (Fsp3) is 0.462. The molecule has 0 aliphatic carbocycles. The van der Waals surface area contributed by atoms with Gasteiger partial charge in [-0.25, -0.2) is 18.2 Å². The third kappa shape index (κ3) is 2.78. The minimum Gasteiger partial charge on any atom is -0.439 e. The number of halogens is 3. The van der Waals surface area contributed by atoms with Crippen molar-refractivity contribution in [1.82, 2.24) is 9.88 Å². The summed E-state index contributed by atoms with van der Waals surface area (Å²) in [5, 5.41) is 0. The van der Waals surface area contributed by atoms with E-state index in [1.165, 1.54) is 18.2 Å². The smallest absolute Gasteiger partial charge is 0.265 e. The standard InChI is InChI=1S/C13H13F3N2O2/c14-8-1-2-9-10(5-8)20-12(17-9)7-18-3-4-19-11(6-18)13(15)16/h1-2,5,11,13H,3-4,6-7H2. The van der Waals surface area contributed by atoms with Gasteiger partial charge in [-0.1, -0.05) is 0 Å². The van der Waals surface area contributed by atoms with Crippen LogP contribution < -0.4 is 0 Å². The zero-order chi connectivity index (χ0) is 14.1. The van der Waals surface area contributed by atoms with Gasteiger partial charge in [0.1, 0.15) is 17.4 Å². The Kier molecular flexibility index (Phi) is 3.62. The van der Waals surface area contributed by atoms with Gasteiger partial charge in [-0.05, 0) is 12.1 Å². The third-order valence-electron chi connectivity index (χ3n) is 3.21. The van der Waals surface area contributed by atoms with Crippen LogP contribution in [-0.4, -0.2) is 42.1 Å². The SMILES string of the molecule is Fc1ccc2nc(CN3CCOC(C(F)F)C3)oc2c1. The Hall–Kier alpha value is -1.60. The monoisotopic (exact) mass is 286 g/mol. The maximum atomic E-state index is 13.0. The van der Waals surface area contributed by atoms with Crippen LogP contribution in [0.25, 0.3) is 11.1 Å². The summed E-state index contributed by atoms with van der Waals surface area (Å²) in [4.78, 5) is 6.01. The summed E-state index contributed by atoms with van der Waals surface area (Å²) in [6.07, 6.45) is -3.58. The van der Waals surface area contributed by atoms with Crippen LogP contribution in [0.15, 0.2) is 22.6 Å². The molecular weight excluding hydrogens is 273 g/mol. The molecule has 4 nitrogen and oxygen atoms in total. The van der Waals surface area contributed by atoms with Gasteiger partial charge in [0.05, 0.1) is 13.2 Å². The largest absolute Gasteiger partial charge is 0.439 e. The maximum absolute atomic E-state index is 13.0. The van der Waals surface area contributed by atoms with Gasteiger partial charge in [0.15, 0.2) is 5.58 Å². The van der Waals surface area contributed by atoms with Crippen molar-refractivity contribution in [3.05, 3.63) is 29.9 Å². The van der Waals surface area contributed by atoms with Crippen LogP contribution in [0.1, 0.15) is 5.89 Å². The van der Waals surface area contributed by atoms with E-state index in [4.69, 9.17) is 9.15 Å². The predicted molar refractivity (Wildman–Crippen MR) is 65.0 cm³/mol. The van der Waals surface area contributed by atoms with Gasteiger partial charge in [0.25, 0.3) is 6.43 Å². The normalized spacial score (nSPS) is 20.9. The lowest BCUT2D eigenvalue weighted by molar-refractivity contribution is -0.105. The number of nitrogens with zero attached hydrogens (tertiary/aromatic N) is 2. The minimum atomic E-state index is -2.50. The molecule has 1 aliphatic rings. The van der Waals surface area contributed by atoms with Gasteiger partial charge in [-0.3, -0.25) is 4.90 Å². The van der Waals surface area contributed by atoms with Crippen molar-refractivity contribution in [3.8, 4) is 0 Å². The number of alkyl halides is 2. The van der Waals surface area contributed by atoms with Crippen LogP contribution in [0.5, 0.6) is 0 Å². The zero-order valence-electron chi connectivity index (χ0n) is 10.6. The van der Waals surface area contributed by atoms with Crippen molar-refractivity contribution < 1.29 is 22.3 Å². The number of morpholine rings is 1. The van der Waals surface area contributed by atoms with E-state index in [-0.39, 0.29) is 13.2 Å². The molecule has 1 atom stereocenters. The molecule has 0 saturated carbocycles. The second-order valence-electron chi connectivity index (χ2n) is 4.70. The van der Waals surface area contributed by atoms with Gasteiger partial charge >= 0.3 is 0 Å². The van der Waals surface area contributed by atoms with Crippen LogP contribution in [0.2, 0.25) is 0 Å². The number of hydrogen-bond acceptors (Lipinski definition) is 4. The van der Waals surface area contributed by atoms with Gasteiger partial charge in [0.2, 0.25) is 5.89 Å². The molecule has 0 N–H and O–H groups in total. The average molecular weight is 286 g/mol. The molecule has 0 spiro atoms. The first-order valence-electron chi connectivity index (χ1n) is 6.29. The van der Waals surface area contributed by atoms with E-state index in [1.54, 1.807) is 4.90 Å². The zero-order valence-corrected chi connectivity index (χ0v) is 10.6. The number of ether oxygens (including phenoxy) is 1. The molecule has 0 bridgehead atoms. The highest BCUT2D eigenvalue weighted by Crippen LogP contribution is 2.19. The van der Waals surface area contributed by atoms with Gasteiger partial charge in [-0.2, -0.15) is 0 Å². The maximum Gasteiger partial charge on any atom is 0.265 e. The lowest BCUT2D eigenvalue weighted by atomic mass is 10.3. The predicted octanol–water partition coefficient (Wildman–Crippen LogP) is 2.43. The molecule has 0 amide bonds. The molecule has 108 valence electrons. The summed E-state index contributed by atoms with van der Waals surface area (Å²) in [6, 6.07) is 4.09. The van der Waals surface area contributed by atoms with E-state index in [0.29, 0.717) is 30.1 Å². The van der Waals surface area contributed by atoms with Crippen LogP contribution >= 0.6 is 0 Å². The molecular formula is C13H13F3N2O2. The number of rotatable bonds is 3. The lowest BCUT2D eigenvalue weighted by Gasteiger charge is -2.31. The Balaban J connectivity index is 1.72. The average Bonchev–Trinajstić information content (AvgIpc) is 2.80. The van der Waals surface area contributed by atoms with Gasteiger partial charge in [0, 0.05) is 19.2 Å². The van der Waals surface area contributed by atoms with E-state index >= 15 is 0 Å². The van der Waals surface area contributed by atoms with E-state index in [2.05, 4.69) is 4.98 Å². The first kappa shape index (κ1) is 13.4. The molecule has 0 radical (unpaired) electrons. The van der Waals surface area contributed by atoms with Gasteiger partial charge < -0.3 is 9.15 Å². The van der Waals surface area contributed by atoms with Crippen molar-refractivity contribution in [3.63, 3.8) is 0 Å². The molecule has 3 rings (SSSR count). The van der Waals surface area contributed by atoms with E-state index in [9.17, 15) is 13.2 Å². The van der Waals surface area contributed by atoms with Crippen LogP contribution in [0.4, 0.5) is 13.2 Å².